The average Bonchev–Trinajstić information content (AvgIpc) is 2.35. The Morgan fingerprint density at radius 3 is 2.45 bits per heavy atom. The summed E-state index contributed by atoms with van der Waals surface area (Å²) < 4.78 is 39.3. The zero-order chi connectivity index (χ0) is 15.3. The van der Waals surface area contributed by atoms with Crippen molar-refractivity contribution in [1.82, 2.24) is 5.32 Å². The summed E-state index contributed by atoms with van der Waals surface area (Å²) in [5, 5.41) is 11.8. The van der Waals surface area contributed by atoms with E-state index in [-0.39, 0.29) is 24.8 Å². The van der Waals surface area contributed by atoms with E-state index in [1.165, 1.54) is 6.07 Å². The zero-order valence-electron chi connectivity index (χ0n) is 12.0. The Kier molecular flexibility index (Phi) is 5.83. The van der Waals surface area contributed by atoms with Gasteiger partial charge in [-0.2, -0.15) is 13.2 Å². The summed E-state index contributed by atoms with van der Waals surface area (Å²) in [6, 6.07) is 4.38. The van der Waals surface area contributed by atoms with Gasteiger partial charge in [0.25, 0.3) is 0 Å². The molecule has 6 heteroatoms. The molecule has 114 valence electrons. The van der Waals surface area contributed by atoms with Crippen LogP contribution in [-0.2, 0) is 12.7 Å². The normalized spacial score (nSPS) is 12.0. The molecule has 1 aromatic carbocycles. The monoisotopic (exact) mass is 290 g/mol. The van der Waals surface area contributed by atoms with Gasteiger partial charge in [0.15, 0.2) is 0 Å². The van der Waals surface area contributed by atoms with E-state index in [1.807, 2.05) is 13.8 Å². The summed E-state index contributed by atoms with van der Waals surface area (Å²) in [7, 11) is 1.65. The molecular formula is C14H21F3N2O. The van der Waals surface area contributed by atoms with Gasteiger partial charge < -0.3 is 15.3 Å². The van der Waals surface area contributed by atoms with Crippen molar-refractivity contribution < 1.29 is 18.3 Å². The molecule has 3 nitrogen and oxygen atoms in total. The first-order valence-corrected chi connectivity index (χ1v) is 6.51. The second kappa shape index (κ2) is 6.95. The van der Waals surface area contributed by atoms with Crippen LogP contribution in [0.15, 0.2) is 18.2 Å². The fourth-order valence-corrected chi connectivity index (χ4v) is 1.81. The number of likely N-dealkylation sites (N-methyl/N-ethyl adjacent to an activating group) is 1. The maximum Gasteiger partial charge on any atom is 0.416 e. The first kappa shape index (κ1) is 16.8. The minimum absolute atomic E-state index is 0.103. The minimum atomic E-state index is -4.38. The van der Waals surface area contributed by atoms with Gasteiger partial charge in [0.2, 0.25) is 0 Å². The minimum Gasteiger partial charge on any atom is -0.395 e. The summed E-state index contributed by atoms with van der Waals surface area (Å²) >= 11 is 0. The third kappa shape index (κ3) is 4.68. The van der Waals surface area contributed by atoms with Crippen LogP contribution in [0.3, 0.4) is 0 Å². The Morgan fingerprint density at radius 1 is 1.30 bits per heavy atom. The fourth-order valence-electron chi connectivity index (χ4n) is 1.81. The highest BCUT2D eigenvalue weighted by Gasteiger charge is 2.33. The topological polar surface area (TPSA) is 35.5 Å². The number of aliphatic hydroxyl groups is 1. The van der Waals surface area contributed by atoms with E-state index in [0.717, 1.165) is 6.07 Å². The van der Waals surface area contributed by atoms with Gasteiger partial charge >= 0.3 is 6.18 Å². The Bertz CT molecular complexity index is 433. The second-order valence-electron chi connectivity index (χ2n) is 5.02. The lowest BCUT2D eigenvalue weighted by molar-refractivity contribution is -0.138. The lowest BCUT2D eigenvalue weighted by atomic mass is 10.0. The average molecular weight is 290 g/mol. The quantitative estimate of drug-likeness (QED) is 0.845. The van der Waals surface area contributed by atoms with E-state index >= 15 is 0 Å². The fraction of sp³-hybridized carbons (Fsp3) is 0.571. The van der Waals surface area contributed by atoms with Gasteiger partial charge in [-0.1, -0.05) is 19.9 Å². The van der Waals surface area contributed by atoms with Crippen LogP contribution in [0.1, 0.15) is 25.0 Å². The summed E-state index contributed by atoms with van der Waals surface area (Å²) in [6.45, 7) is 4.14. The summed E-state index contributed by atoms with van der Waals surface area (Å²) in [6.07, 6.45) is -4.38. The van der Waals surface area contributed by atoms with Crippen molar-refractivity contribution in [2.45, 2.75) is 32.6 Å². The number of benzene rings is 1. The van der Waals surface area contributed by atoms with E-state index in [1.54, 1.807) is 18.0 Å². The molecular weight excluding hydrogens is 269 g/mol. The number of halogens is 3. The molecule has 0 aromatic heterocycles. The summed E-state index contributed by atoms with van der Waals surface area (Å²) in [5.41, 5.74) is 0.0416. The van der Waals surface area contributed by atoms with Crippen molar-refractivity contribution in [3.05, 3.63) is 29.3 Å². The van der Waals surface area contributed by atoms with E-state index < -0.39 is 11.7 Å². The lowest BCUT2D eigenvalue weighted by Gasteiger charge is -2.21. The van der Waals surface area contributed by atoms with Crippen molar-refractivity contribution in [1.29, 1.82) is 0 Å². The number of nitrogens with one attached hydrogen (secondary N) is 1. The molecule has 1 rings (SSSR count). The second-order valence-corrected chi connectivity index (χ2v) is 5.02. The van der Waals surface area contributed by atoms with Gasteiger partial charge in [-0.15, -0.1) is 0 Å². The Hall–Kier alpha value is -1.27. The van der Waals surface area contributed by atoms with Crippen molar-refractivity contribution >= 4 is 5.69 Å². The first-order chi connectivity index (χ1) is 9.25. The zero-order valence-corrected chi connectivity index (χ0v) is 12.0. The number of rotatable bonds is 6. The van der Waals surface area contributed by atoms with Gasteiger partial charge in [-0.05, 0) is 17.7 Å². The van der Waals surface area contributed by atoms with Crippen LogP contribution in [0.25, 0.3) is 0 Å². The van der Waals surface area contributed by atoms with E-state index in [9.17, 15) is 13.2 Å². The van der Waals surface area contributed by atoms with Crippen LogP contribution < -0.4 is 10.2 Å². The van der Waals surface area contributed by atoms with Gasteiger partial charge in [0.1, 0.15) is 0 Å². The molecule has 0 aliphatic rings. The molecule has 0 unspecified atom stereocenters. The van der Waals surface area contributed by atoms with Crippen molar-refractivity contribution in [2.75, 3.05) is 25.1 Å². The van der Waals surface area contributed by atoms with E-state index in [2.05, 4.69) is 5.32 Å². The molecule has 0 radical (unpaired) electrons. The molecule has 0 amide bonds. The van der Waals surface area contributed by atoms with Crippen LogP contribution in [0.4, 0.5) is 18.9 Å². The summed E-state index contributed by atoms with van der Waals surface area (Å²) in [4.78, 5) is 1.59. The van der Waals surface area contributed by atoms with Crippen LogP contribution in [0, 0.1) is 0 Å². The van der Waals surface area contributed by atoms with Gasteiger partial charge in [0, 0.05) is 31.9 Å². The number of hydrogen-bond donors (Lipinski definition) is 2. The molecule has 0 aliphatic heterocycles. The summed E-state index contributed by atoms with van der Waals surface area (Å²) in [5.74, 6) is 0. The Labute approximate surface area is 117 Å². The molecule has 0 heterocycles. The highest BCUT2D eigenvalue weighted by molar-refractivity contribution is 5.51. The van der Waals surface area contributed by atoms with Crippen LogP contribution in [0.2, 0.25) is 0 Å². The highest BCUT2D eigenvalue weighted by atomic mass is 19.4. The van der Waals surface area contributed by atoms with Crippen molar-refractivity contribution in [3.8, 4) is 0 Å². The lowest BCUT2D eigenvalue weighted by Crippen LogP contribution is -2.25. The SMILES string of the molecule is CC(C)NCc1ccc(N(C)CCO)cc1C(F)(F)F. The third-order valence-electron chi connectivity index (χ3n) is 2.98. The Morgan fingerprint density at radius 2 is 1.95 bits per heavy atom. The predicted octanol–water partition coefficient (Wildman–Crippen LogP) is 2.63. The van der Waals surface area contributed by atoms with E-state index in [0.29, 0.717) is 12.2 Å². The third-order valence-corrected chi connectivity index (χ3v) is 2.98. The first-order valence-electron chi connectivity index (χ1n) is 6.51. The van der Waals surface area contributed by atoms with E-state index in [4.69, 9.17) is 5.11 Å². The number of nitrogens with zero attached hydrogens (tertiary/aromatic N) is 1. The number of aliphatic hydroxyl groups excluding tert-OH is 1. The maximum absolute atomic E-state index is 13.1. The van der Waals surface area contributed by atoms with Crippen LogP contribution >= 0.6 is 0 Å². The molecule has 0 saturated heterocycles. The van der Waals surface area contributed by atoms with Gasteiger partial charge in [-0.3, -0.25) is 0 Å². The Balaban J connectivity index is 3.07. The standard InChI is InChI=1S/C14H21F3N2O/c1-10(2)18-9-11-4-5-12(19(3)6-7-20)8-13(11)14(15,16)17/h4-5,8,10,18,20H,6-7,9H2,1-3H3. The molecule has 2 N–H and O–H groups in total. The number of hydrogen-bond acceptors (Lipinski definition) is 3. The van der Waals surface area contributed by atoms with Crippen LogP contribution in [-0.4, -0.2) is 31.3 Å². The molecule has 20 heavy (non-hydrogen) atoms. The molecule has 1 aromatic rings. The number of anilines is 1. The van der Waals surface area contributed by atoms with Crippen molar-refractivity contribution in [3.63, 3.8) is 0 Å². The molecule has 0 atom stereocenters. The predicted molar refractivity (Wildman–Crippen MR) is 73.8 cm³/mol. The molecule has 0 spiro atoms. The van der Waals surface area contributed by atoms with Gasteiger partial charge in [0.05, 0.1) is 12.2 Å². The van der Waals surface area contributed by atoms with Gasteiger partial charge in [-0.25, -0.2) is 0 Å². The van der Waals surface area contributed by atoms with Crippen LogP contribution in [0.5, 0.6) is 0 Å². The molecule has 0 fully saturated rings. The largest absolute Gasteiger partial charge is 0.416 e. The molecule has 0 bridgehead atoms. The number of alkyl halides is 3. The van der Waals surface area contributed by atoms with Crippen molar-refractivity contribution in [2.24, 2.45) is 0 Å². The highest BCUT2D eigenvalue weighted by Crippen LogP contribution is 2.34. The maximum atomic E-state index is 13.1. The molecule has 0 aliphatic carbocycles. The molecule has 0 saturated carbocycles. The smallest absolute Gasteiger partial charge is 0.395 e.